The molecule has 0 aliphatic rings. The van der Waals surface area contributed by atoms with E-state index < -0.39 is 0 Å². The number of nitrogens with two attached hydrogens (primary N) is 2. The SMILES string of the molecule is Cc1cc(CCc2ccc(N)cc2)ccc1CCc1ccc(CCc2ccc(N)cc2)cc1C. The Hall–Kier alpha value is -3.52. The second-order valence-corrected chi connectivity index (χ2v) is 9.50. The smallest absolute Gasteiger partial charge is 0.0314 e. The molecule has 0 saturated carbocycles. The fourth-order valence-corrected chi connectivity index (χ4v) is 4.60. The number of rotatable bonds is 9. The lowest BCUT2D eigenvalue weighted by Crippen LogP contribution is -2.00. The summed E-state index contributed by atoms with van der Waals surface area (Å²) < 4.78 is 0. The lowest BCUT2D eigenvalue weighted by Gasteiger charge is -2.12. The zero-order chi connectivity index (χ0) is 23.9. The Morgan fingerprint density at radius 2 is 0.735 bits per heavy atom. The third-order valence-electron chi connectivity index (χ3n) is 6.84. The van der Waals surface area contributed by atoms with E-state index in [0.717, 1.165) is 49.9 Å². The first-order valence-electron chi connectivity index (χ1n) is 12.3. The van der Waals surface area contributed by atoms with Crippen LogP contribution in [0.5, 0.6) is 0 Å². The van der Waals surface area contributed by atoms with Crippen molar-refractivity contribution in [2.75, 3.05) is 11.5 Å². The predicted molar refractivity (Wildman–Crippen MR) is 146 cm³/mol. The summed E-state index contributed by atoms with van der Waals surface area (Å²) in [5, 5.41) is 0. The maximum absolute atomic E-state index is 5.79. The molecule has 0 heterocycles. The molecule has 0 aromatic heterocycles. The highest BCUT2D eigenvalue weighted by atomic mass is 14.5. The fourth-order valence-electron chi connectivity index (χ4n) is 4.60. The van der Waals surface area contributed by atoms with E-state index in [1.807, 2.05) is 24.3 Å². The molecular weight excluding hydrogens is 412 g/mol. The van der Waals surface area contributed by atoms with Crippen molar-refractivity contribution < 1.29 is 0 Å². The van der Waals surface area contributed by atoms with Crippen molar-refractivity contribution in [2.24, 2.45) is 0 Å². The maximum atomic E-state index is 5.79. The summed E-state index contributed by atoms with van der Waals surface area (Å²) in [6.07, 6.45) is 6.36. The van der Waals surface area contributed by atoms with Crippen molar-refractivity contribution in [3.8, 4) is 0 Å². The third kappa shape index (κ3) is 6.51. The Kier molecular flexibility index (Phi) is 7.69. The summed E-state index contributed by atoms with van der Waals surface area (Å²) in [5.74, 6) is 0. The van der Waals surface area contributed by atoms with Crippen molar-refractivity contribution in [3.63, 3.8) is 0 Å². The lowest BCUT2D eigenvalue weighted by molar-refractivity contribution is 0.915. The third-order valence-corrected chi connectivity index (χ3v) is 6.84. The molecule has 0 bridgehead atoms. The average Bonchev–Trinajstić information content (AvgIpc) is 2.83. The molecule has 0 saturated heterocycles. The monoisotopic (exact) mass is 448 g/mol. The van der Waals surface area contributed by atoms with Gasteiger partial charge in [-0.25, -0.2) is 0 Å². The zero-order valence-corrected chi connectivity index (χ0v) is 20.5. The van der Waals surface area contributed by atoms with Gasteiger partial charge in [0.05, 0.1) is 0 Å². The predicted octanol–water partition coefficient (Wildman–Crippen LogP) is 6.82. The normalized spacial score (nSPS) is 11.0. The summed E-state index contributed by atoms with van der Waals surface area (Å²) in [6.45, 7) is 4.49. The van der Waals surface area contributed by atoms with Gasteiger partial charge in [0.2, 0.25) is 0 Å². The van der Waals surface area contributed by atoms with Gasteiger partial charge in [-0.1, -0.05) is 60.7 Å². The number of hydrogen-bond acceptors (Lipinski definition) is 2. The van der Waals surface area contributed by atoms with Crippen molar-refractivity contribution in [1.29, 1.82) is 0 Å². The van der Waals surface area contributed by atoms with Gasteiger partial charge in [-0.2, -0.15) is 0 Å². The van der Waals surface area contributed by atoms with Crippen LogP contribution in [0.2, 0.25) is 0 Å². The molecule has 0 fully saturated rings. The first-order chi connectivity index (χ1) is 16.5. The lowest BCUT2D eigenvalue weighted by atomic mass is 9.94. The molecule has 34 heavy (non-hydrogen) atoms. The molecule has 0 radical (unpaired) electrons. The topological polar surface area (TPSA) is 52.0 Å². The molecule has 4 aromatic rings. The minimum absolute atomic E-state index is 0.826. The summed E-state index contributed by atoms with van der Waals surface area (Å²) in [7, 11) is 0. The molecule has 0 atom stereocenters. The number of nitrogen functional groups attached to an aromatic ring is 2. The van der Waals surface area contributed by atoms with Gasteiger partial charge in [0.1, 0.15) is 0 Å². The van der Waals surface area contributed by atoms with Gasteiger partial charge in [-0.05, 0) is 121 Å². The second kappa shape index (κ2) is 11.1. The largest absolute Gasteiger partial charge is 0.399 e. The molecule has 0 aliphatic heterocycles. The van der Waals surface area contributed by atoms with Crippen LogP contribution in [0.1, 0.15) is 44.5 Å². The fraction of sp³-hybridized carbons (Fsp3) is 0.250. The quantitative estimate of drug-likeness (QED) is 0.276. The number of hydrogen-bond donors (Lipinski definition) is 2. The van der Waals surface area contributed by atoms with Crippen LogP contribution in [0.15, 0.2) is 84.9 Å². The van der Waals surface area contributed by atoms with E-state index in [2.05, 4.69) is 74.5 Å². The van der Waals surface area contributed by atoms with Crippen LogP contribution in [-0.4, -0.2) is 0 Å². The Balaban J connectivity index is 1.30. The first-order valence-corrected chi connectivity index (χ1v) is 12.3. The summed E-state index contributed by atoms with van der Waals surface area (Å²) in [6, 6.07) is 30.4. The maximum Gasteiger partial charge on any atom is 0.0314 e. The van der Waals surface area contributed by atoms with Crippen molar-refractivity contribution in [1.82, 2.24) is 0 Å². The number of aryl methyl sites for hydroxylation is 8. The van der Waals surface area contributed by atoms with Gasteiger partial charge in [0, 0.05) is 11.4 Å². The van der Waals surface area contributed by atoms with Crippen LogP contribution >= 0.6 is 0 Å². The van der Waals surface area contributed by atoms with Gasteiger partial charge >= 0.3 is 0 Å². The molecule has 0 unspecified atom stereocenters. The Bertz CT molecular complexity index is 1120. The zero-order valence-electron chi connectivity index (χ0n) is 20.5. The van der Waals surface area contributed by atoms with E-state index in [1.165, 1.54) is 44.5 Å². The Morgan fingerprint density at radius 1 is 0.412 bits per heavy atom. The van der Waals surface area contributed by atoms with Crippen molar-refractivity contribution in [2.45, 2.75) is 52.4 Å². The number of anilines is 2. The second-order valence-electron chi connectivity index (χ2n) is 9.50. The molecule has 4 aromatic carbocycles. The van der Waals surface area contributed by atoms with Gasteiger partial charge in [0.15, 0.2) is 0 Å². The van der Waals surface area contributed by atoms with Crippen LogP contribution in [0.25, 0.3) is 0 Å². The first kappa shape index (κ1) is 23.6. The number of benzene rings is 4. The van der Waals surface area contributed by atoms with Crippen LogP contribution in [0.3, 0.4) is 0 Å². The summed E-state index contributed by atoms with van der Waals surface area (Å²) in [4.78, 5) is 0. The minimum Gasteiger partial charge on any atom is -0.399 e. The van der Waals surface area contributed by atoms with Gasteiger partial charge < -0.3 is 11.5 Å². The van der Waals surface area contributed by atoms with Crippen LogP contribution in [-0.2, 0) is 38.5 Å². The van der Waals surface area contributed by atoms with Crippen LogP contribution < -0.4 is 11.5 Å². The van der Waals surface area contributed by atoms with E-state index in [4.69, 9.17) is 11.5 Å². The van der Waals surface area contributed by atoms with Crippen molar-refractivity contribution >= 4 is 11.4 Å². The molecule has 0 aliphatic carbocycles. The summed E-state index contributed by atoms with van der Waals surface area (Å²) >= 11 is 0. The van der Waals surface area contributed by atoms with Gasteiger partial charge in [-0.15, -0.1) is 0 Å². The van der Waals surface area contributed by atoms with Crippen LogP contribution in [0, 0.1) is 13.8 Å². The molecule has 2 heteroatoms. The highest BCUT2D eigenvalue weighted by Gasteiger charge is 2.06. The van der Waals surface area contributed by atoms with E-state index in [9.17, 15) is 0 Å². The van der Waals surface area contributed by atoms with Gasteiger partial charge in [-0.3, -0.25) is 0 Å². The van der Waals surface area contributed by atoms with E-state index in [1.54, 1.807) is 0 Å². The summed E-state index contributed by atoms with van der Waals surface area (Å²) in [5.41, 5.74) is 24.4. The molecule has 174 valence electrons. The highest BCUT2D eigenvalue weighted by molar-refractivity contribution is 5.41. The molecule has 4 N–H and O–H groups in total. The molecule has 2 nitrogen and oxygen atoms in total. The van der Waals surface area contributed by atoms with E-state index in [0.29, 0.717) is 0 Å². The molecule has 0 spiro atoms. The molecule has 0 amide bonds. The molecule has 4 rings (SSSR count). The molecular formula is C32H36N2. The average molecular weight is 449 g/mol. The highest BCUT2D eigenvalue weighted by Crippen LogP contribution is 2.19. The van der Waals surface area contributed by atoms with E-state index >= 15 is 0 Å². The minimum atomic E-state index is 0.826. The van der Waals surface area contributed by atoms with Gasteiger partial charge in [0.25, 0.3) is 0 Å². The van der Waals surface area contributed by atoms with Crippen molar-refractivity contribution in [3.05, 3.63) is 129 Å². The van der Waals surface area contributed by atoms with E-state index in [-0.39, 0.29) is 0 Å². The van der Waals surface area contributed by atoms with Crippen LogP contribution in [0.4, 0.5) is 11.4 Å². The standard InChI is InChI=1S/C32H36N2/c1-23-21-27(5-3-25-9-17-31(33)18-10-25)7-13-29(23)15-16-30-14-8-28(22-24(30)2)6-4-26-11-19-32(34)20-12-26/h7-14,17-22H,3-6,15-16,33-34H2,1-2H3. The Morgan fingerprint density at radius 3 is 1.09 bits per heavy atom. The Labute approximate surface area is 204 Å².